The van der Waals surface area contributed by atoms with E-state index in [2.05, 4.69) is 20.8 Å². The monoisotopic (exact) mass is 242 g/mol. The molecule has 2 nitrogen and oxygen atoms in total. The summed E-state index contributed by atoms with van der Waals surface area (Å²) in [6.45, 7) is 8.69. The summed E-state index contributed by atoms with van der Waals surface area (Å²) in [5.41, 5.74) is 0. The Hall–Kier alpha value is -0.0800. The Morgan fingerprint density at radius 2 is 1.94 bits per heavy atom. The average Bonchev–Trinajstić information content (AvgIpc) is 2.30. The first-order valence-electron chi connectivity index (χ1n) is 7.41. The van der Waals surface area contributed by atoms with Gasteiger partial charge in [0.25, 0.3) is 0 Å². The Morgan fingerprint density at radius 3 is 2.59 bits per heavy atom. The van der Waals surface area contributed by atoms with Crippen molar-refractivity contribution in [2.75, 3.05) is 13.2 Å². The third kappa shape index (κ3) is 7.77. The molecule has 1 fully saturated rings. The highest BCUT2D eigenvalue weighted by Gasteiger charge is 2.14. The Bertz CT molecular complexity index is 174. The zero-order valence-corrected chi connectivity index (χ0v) is 11.9. The van der Waals surface area contributed by atoms with E-state index in [1.54, 1.807) is 0 Å². The third-order valence-corrected chi connectivity index (χ3v) is 3.53. The van der Waals surface area contributed by atoms with Crippen molar-refractivity contribution in [1.82, 2.24) is 0 Å². The van der Waals surface area contributed by atoms with Crippen molar-refractivity contribution >= 4 is 0 Å². The van der Waals surface area contributed by atoms with Crippen molar-refractivity contribution in [3.63, 3.8) is 0 Å². The molecule has 1 rings (SSSR count). The summed E-state index contributed by atoms with van der Waals surface area (Å²) in [6, 6.07) is 0. The molecule has 0 radical (unpaired) electrons. The highest BCUT2D eigenvalue weighted by Crippen LogP contribution is 2.17. The van der Waals surface area contributed by atoms with Crippen molar-refractivity contribution in [3.8, 4) is 0 Å². The topological polar surface area (TPSA) is 18.5 Å². The minimum Gasteiger partial charge on any atom is -0.353 e. The van der Waals surface area contributed by atoms with Crippen LogP contribution in [0.2, 0.25) is 0 Å². The van der Waals surface area contributed by atoms with Gasteiger partial charge in [-0.1, -0.05) is 40.0 Å². The first-order valence-corrected chi connectivity index (χ1v) is 7.41. The third-order valence-electron chi connectivity index (χ3n) is 3.53. The standard InChI is InChI=1S/C15H30O2/c1-13(2)7-6-8-14(3)10-12-17-15-9-4-5-11-16-15/h13-15H,4-12H2,1-3H3/t14-,15?/m0/s1. The molecule has 1 saturated heterocycles. The Balaban J connectivity index is 1.93. The van der Waals surface area contributed by atoms with Crippen LogP contribution in [0.5, 0.6) is 0 Å². The van der Waals surface area contributed by atoms with E-state index >= 15 is 0 Å². The van der Waals surface area contributed by atoms with E-state index in [0.29, 0.717) is 0 Å². The quantitative estimate of drug-likeness (QED) is 0.629. The van der Waals surface area contributed by atoms with Crippen molar-refractivity contribution in [2.24, 2.45) is 11.8 Å². The Labute approximate surface area is 107 Å². The van der Waals surface area contributed by atoms with E-state index in [9.17, 15) is 0 Å². The van der Waals surface area contributed by atoms with Gasteiger partial charge in [0.05, 0.1) is 0 Å². The van der Waals surface area contributed by atoms with E-state index in [-0.39, 0.29) is 6.29 Å². The van der Waals surface area contributed by atoms with Crippen LogP contribution in [0.15, 0.2) is 0 Å². The summed E-state index contributed by atoms with van der Waals surface area (Å²) >= 11 is 0. The summed E-state index contributed by atoms with van der Waals surface area (Å²) in [6.07, 6.45) is 8.87. The van der Waals surface area contributed by atoms with Gasteiger partial charge < -0.3 is 9.47 Å². The maximum Gasteiger partial charge on any atom is 0.157 e. The molecule has 1 unspecified atom stereocenters. The lowest BCUT2D eigenvalue weighted by atomic mass is 9.98. The molecule has 1 heterocycles. The molecular weight excluding hydrogens is 212 g/mol. The van der Waals surface area contributed by atoms with Gasteiger partial charge in [-0.3, -0.25) is 0 Å². The van der Waals surface area contributed by atoms with Crippen LogP contribution in [0.1, 0.15) is 65.7 Å². The van der Waals surface area contributed by atoms with Gasteiger partial charge in [-0.25, -0.2) is 0 Å². The molecule has 1 aliphatic rings. The average molecular weight is 242 g/mol. The van der Waals surface area contributed by atoms with E-state index in [4.69, 9.17) is 9.47 Å². The number of rotatable bonds is 8. The molecule has 102 valence electrons. The second-order valence-corrected chi connectivity index (χ2v) is 5.89. The molecule has 0 spiro atoms. The van der Waals surface area contributed by atoms with Gasteiger partial charge in [-0.15, -0.1) is 0 Å². The van der Waals surface area contributed by atoms with Crippen LogP contribution >= 0.6 is 0 Å². The molecule has 0 amide bonds. The normalized spacial score (nSPS) is 22.9. The molecular formula is C15H30O2. The maximum absolute atomic E-state index is 5.76. The van der Waals surface area contributed by atoms with Gasteiger partial charge in [0.2, 0.25) is 0 Å². The molecule has 0 aromatic heterocycles. The lowest BCUT2D eigenvalue weighted by Gasteiger charge is -2.23. The minimum atomic E-state index is 0.0895. The summed E-state index contributed by atoms with van der Waals surface area (Å²) in [5.74, 6) is 1.63. The van der Waals surface area contributed by atoms with Crippen molar-refractivity contribution < 1.29 is 9.47 Å². The predicted octanol–water partition coefficient (Wildman–Crippen LogP) is 4.38. The summed E-state index contributed by atoms with van der Waals surface area (Å²) in [4.78, 5) is 0. The van der Waals surface area contributed by atoms with Crippen LogP contribution in [0.25, 0.3) is 0 Å². The molecule has 1 aliphatic heterocycles. The number of hydrogen-bond donors (Lipinski definition) is 0. The molecule has 0 aromatic carbocycles. The zero-order chi connectivity index (χ0) is 12.5. The van der Waals surface area contributed by atoms with E-state index in [1.807, 2.05) is 0 Å². The molecule has 0 aliphatic carbocycles. The molecule has 0 saturated carbocycles. The van der Waals surface area contributed by atoms with Gasteiger partial charge in [0, 0.05) is 13.2 Å². The van der Waals surface area contributed by atoms with Crippen LogP contribution in [0.3, 0.4) is 0 Å². The van der Waals surface area contributed by atoms with Crippen LogP contribution < -0.4 is 0 Å². The summed E-state index contributed by atoms with van der Waals surface area (Å²) in [7, 11) is 0. The summed E-state index contributed by atoms with van der Waals surface area (Å²) in [5, 5.41) is 0. The highest BCUT2D eigenvalue weighted by molar-refractivity contribution is 4.57. The van der Waals surface area contributed by atoms with E-state index < -0.39 is 0 Å². The fraction of sp³-hybridized carbons (Fsp3) is 1.00. The molecule has 0 aromatic rings. The van der Waals surface area contributed by atoms with Crippen molar-refractivity contribution in [3.05, 3.63) is 0 Å². The van der Waals surface area contributed by atoms with Crippen LogP contribution in [-0.2, 0) is 9.47 Å². The van der Waals surface area contributed by atoms with Crippen LogP contribution in [0, 0.1) is 11.8 Å². The first kappa shape index (κ1) is 15.0. The van der Waals surface area contributed by atoms with Crippen LogP contribution in [-0.4, -0.2) is 19.5 Å². The fourth-order valence-electron chi connectivity index (χ4n) is 2.26. The van der Waals surface area contributed by atoms with Gasteiger partial charge >= 0.3 is 0 Å². The SMILES string of the molecule is CC(C)CCC[C@H](C)CCOC1CCCCO1. The molecule has 0 N–H and O–H groups in total. The molecule has 17 heavy (non-hydrogen) atoms. The van der Waals surface area contributed by atoms with E-state index in [0.717, 1.165) is 31.5 Å². The molecule has 2 heteroatoms. The van der Waals surface area contributed by atoms with Gasteiger partial charge in [-0.05, 0) is 37.5 Å². The Kier molecular flexibility index (Phi) is 7.87. The van der Waals surface area contributed by atoms with Crippen molar-refractivity contribution in [2.45, 2.75) is 72.0 Å². The zero-order valence-electron chi connectivity index (χ0n) is 11.9. The van der Waals surface area contributed by atoms with Crippen LogP contribution in [0.4, 0.5) is 0 Å². The first-order chi connectivity index (χ1) is 8.18. The lowest BCUT2D eigenvalue weighted by Crippen LogP contribution is -2.23. The Morgan fingerprint density at radius 1 is 1.12 bits per heavy atom. The maximum atomic E-state index is 5.76. The number of ether oxygens (including phenoxy) is 2. The second kappa shape index (κ2) is 8.93. The van der Waals surface area contributed by atoms with Gasteiger partial charge in [0.1, 0.15) is 0 Å². The van der Waals surface area contributed by atoms with E-state index in [1.165, 1.54) is 38.5 Å². The molecule has 0 bridgehead atoms. The van der Waals surface area contributed by atoms with Crippen molar-refractivity contribution in [1.29, 1.82) is 0 Å². The van der Waals surface area contributed by atoms with Gasteiger partial charge in [0.15, 0.2) is 6.29 Å². The highest BCUT2D eigenvalue weighted by atomic mass is 16.7. The van der Waals surface area contributed by atoms with Gasteiger partial charge in [-0.2, -0.15) is 0 Å². The number of hydrogen-bond acceptors (Lipinski definition) is 2. The molecule has 2 atom stereocenters. The smallest absolute Gasteiger partial charge is 0.157 e. The second-order valence-electron chi connectivity index (χ2n) is 5.89. The summed E-state index contributed by atoms with van der Waals surface area (Å²) < 4.78 is 11.3. The largest absolute Gasteiger partial charge is 0.353 e. The fourth-order valence-corrected chi connectivity index (χ4v) is 2.26. The minimum absolute atomic E-state index is 0.0895. The lowest BCUT2D eigenvalue weighted by molar-refractivity contribution is -0.164. The predicted molar refractivity (Wildman–Crippen MR) is 72.0 cm³/mol.